The highest BCUT2D eigenvalue weighted by molar-refractivity contribution is 5.01. The molecule has 2 atom stereocenters. The van der Waals surface area contributed by atoms with E-state index in [1.54, 1.807) is 13.1 Å². The lowest BCUT2D eigenvalue weighted by molar-refractivity contribution is -0.0800. The topological polar surface area (TPSA) is 76.1 Å². The summed E-state index contributed by atoms with van der Waals surface area (Å²) >= 11 is 0. The summed E-state index contributed by atoms with van der Waals surface area (Å²) in [5.74, 6) is 0. The fourth-order valence-electron chi connectivity index (χ4n) is 1.89. The van der Waals surface area contributed by atoms with Crippen molar-refractivity contribution >= 4 is 0 Å². The number of aromatic amines is 1. The van der Waals surface area contributed by atoms with Gasteiger partial charge in [-0.15, -0.1) is 0 Å². The van der Waals surface area contributed by atoms with Crippen LogP contribution in [0.2, 0.25) is 0 Å². The summed E-state index contributed by atoms with van der Waals surface area (Å²) in [5, 5.41) is 3.22. The van der Waals surface area contributed by atoms with E-state index in [2.05, 4.69) is 10.3 Å². The highest BCUT2D eigenvalue weighted by Crippen LogP contribution is 2.14. The number of morpholine rings is 1. The van der Waals surface area contributed by atoms with Gasteiger partial charge in [0.15, 0.2) is 6.23 Å². The molecule has 2 unspecified atom stereocenters. The number of aromatic nitrogens is 2. The van der Waals surface area contributed by atoms with Crippen LogP contribution in [0.15, 0.2) is 15.8 Å². The standard InChI is InChI=1S/C11H17N3O3/c1-3-8-4-12-5-9(17-8)14-6-7(2)10(15)13-11(14)16/h6,8-9,12H,3-5H2,1-2H3,(H,13,15,16). The molecule has 94 valence electrons. The van der Waals surface area contributed by atoms with Gasteiger partial charge >= 0.3 is 5.69 Å². The summed E-state index contributed by atoms with van der Waals surface area (Å²) in [6.45, 7) is 5.07. The summed E-state index contributed by atoms with van der Waals surface area (Å²) in [4.78, 5) is 25.2. The highest BCUT2D eigenvalue weighted by Gasteiger charge is 2.23. The van der Waals surface area contributed by atoms with E-state index in [1.165, 1.54) is 4.57 Å². The van der Waals surface area contributed by atoms with Crippen LogP contribution in [-0.4, -0.2) is 28.7 Å². The van der Waals surface area contributed by atoms with Crippen LogP contribution in [0.5, 0.6) is 0 Å². The van der Waals surface area contributed by atoms with Crippen LogP contribution in [-0.2, 0) is 4.74 Å². The van der Waals surface area contributed by atoms with Crippen molar-refractivity contribution in [1.82, 2.24) is 14.9 Å². The number of H-pyrrole nitrogens is 1. The molecule has 0 saturated carbocycles. The number of hydrogen-bond donors (Lipinski definition) is 2. The van der Waals surface area contributed by atoms with Crippen LogP contribution >= 0.6 is 0 Å². The summed E-state index contributed by atoms with van der Waals surface area (Å²) in [5.41, 5.74) is -0.266. The minimum atomic E-state index is -0.427. The maximum Gasteiger partial charge on any atom is 0.330 e. The quantitative estimate of drug-likeness (QED) is 0.745. The van der Waals surface area contributed by atoms with Crippen molar-refractivity contribution in [3.63, 3.8) is 0 Å². The van der Waals surface area contributed by atoms with Crippen LogP contribution < -0.4 is 16.6 Å². The molecule has 2 rings (SSSR count). The van der Waals surface area contributed by atoms with Crippen molar-refractivity contribution < 1.29 is 4.74 Å². The number of nitrogens with zero attached hydrogens (tertiary/aromatic N) is 1. The Balaban J connectivity index is 2.31. The maximum absolute atomic E-state index is 11.7. The van der Waals surface area contributed by atoms with Gasteiger partial charge in [-0.05, 0) is 13.3 Å². The Hall–Kier alpha value is -1.40. The van der Waals surface area contributed by atoms with Crippen LogP contribution in [0.25, 0.3) is 0 Å². The highest BCUT2D eigenvalue weighted by atomic mass is 16.5. The van der Waals surface area contributed by atoms with E-state index in [4.69, 9.17) is 4.74 Å². The van der Waals surface area contributed by atoms with Crippen molar-refractivity contribution in [2.45, 2.75) is 32.6 Å². The molecule has 6 nitrogen and oxygen atoms in total. The van der Waals surface area contributed by atoms with Crippen molar-refractivity contribution in [3.8, 4) is 0 Å². The molecule has 1 aliphatic rings. The molecule has 0 radical (unpaired) electrons. The first-order valence-corrected chi connectivity index (χ1v) is 5.80. The third-order valence-corrected chi connectivity index (χ3v) is 2.95. The Morgan fingerprint density at radius 1 is 1.47 bits per heavy atom. The Kier molecular flexibility index (Phi) is 3.44. The second-order valence-electron chi connectivity index (χ2n) is 4.26. The summed E-state index contributed by atoms with van der Waals surface area (Å²) in [6, 6.07) is 0. The third-order valence-electron chi connectivity index (χ3n) is 2.95. The van der Waals surface area contributed by atoms with Crippen molar-refractivity contribution in [3.05, 3.63) is 32.6 Å². The monoisotopic (exact) mass is 239 g/mol. The second kappa shape index (κ2) is 4.85. The Morgan fingerprint density at radius 2 is 2.24 bits per heavy atom. The fourth-order valence-corrected chi connectivity index (χ4v) is 1.89. The average Bonchev–Trinajstić information content (AvgIpc) is 2.34. The second-order valence-corrected chi connectivity index (χ2v) is 4.26. The molecule has 2 N–H and O–H groups in total. The van der Waals surface area contributed by atoms with Gasteiger partial charge in [0, 0.05) is 24.8 Å². The van der Waals surface area contributed by atoms with E-state index in [-0.39, 0.29) is 17.9 Å². The Labute approximate surface area is 98.6 Å². The lowest BCUT2D eigenvalue weighted by Gasteiger charge is -2.31. The lowest BCUT2D eigenvalue weighted by atomic mass is 10.2. The molecule has 0 aromatic carbocycles. The normalized spacial score (nSPS) is 24.8. The van der Waals surface area contributed by atoms with E-state index < -0.39 is 5.69 Å². The Morgan fingerprint density at radius 3 is 2.94 bits per heavy atom. The summed E-state index contributed by atoms with van der Waals surface area (Å²) in [7, 11) is 0. The van der Waals surface area contributed by atoms with E-state index in [0.29, 0.717) is 12.1 Å². The predicted octanol–water partition coefficient (Wildman–Crippen LogP) is -0.258. The first kappa shape index (κ1) is 12.1. The van der Waals surface area contributed by atoms with Crippen LogP contribution in [0.1, 0.15) is 25.1 Å². The minimum absolute atomic E-state index is 0.105. The van der Waals surface area contributed by atoms with Gasteiger partial charge in [0.05, 0.1) is 6.10 Å². The van der Waals surface area contributed by atoms with Gasteiger partial charge in [-0.1, -0.05) is 6.92 Å². The number of ether oxygens (including phenoxy) is 1. The molecule has 1 aliphatic heterocycles. The zero-order valence-corrected chi connectivity index (χ0v) is 10.0. The summed E-state index contributed by atoms with van der Waals surface area (Å²) in [6.07, 6.45) is 2.19. The first-order valence-electron chi connectivity index (χ1n) is 5.80. The summed E-state index contributed by atoms with van der Waals surface area (Å²) < 4.78 is 7.21. The molecule has 6 heteroatoms. The van der Waals surface area contributed by atoms with Gasteiger partial charge in [-0.2, -0.15) is 0 Å². The van der Waals surface area contributed by atoms with E-state index in [1.807, 2.05) is 6.92 Å². The van der Waals surface area contributed by atoms with Crippen molar-refractivity contribution in [2.75, 3.05) is 13.1 Å². The maximum atomic E-state index is 11.7. The van der Waals surface area contributed by atoms with Crippen LogP contribution in [0, 0.1) is 6.92 Å². The molecule has 1 aromatic rings. The van der Waals surface area contributed by atoms with Crippen LogP contribution in [0.3, 0.4) is 0 Å². The van der Waals surface area contributed by atoms with Gasteiger partial charge < -0.3 is 10.1 Å². The third kappa shape index (κ3) is 2.48. The molecular weight excluding hydrogens is 222 g/mol. The van der Waals surface area contributed by atoms with Gasteiger partial charge in [0.2, 0.25) is 0 Å². The molecule has 2 heterocycles. The molecule has 0 aliphatic carbocycles. The number of rotatable bonds is 2. The van der Waals surface area contributed by atoms with Crippen molar-refractivity contribution in [2.24, 2.45) is 0 Å². The van der Waals surface area contributed by atoms with Gasteiger partial charge in [-0.25, -0.2) is 4.79 Å². The predicted molar refractivity (Wildman–Crippen MR) is 63.1 cm³/mol. The molecular formula is C11H17N3O3. The molecule has 1 saturated heterocycles. The molecule has 0 bridgehead atoms. The molecule has 0 amide bonds. The Bertz CT molecular complexity index is 505. The molecule has 1 aromatic heterocycles. The van der Waals surface area contributed by atoms with Gasteiger partial charge in [0.1, 0.15) is 0 Å². The largest absolute Gasteiger partial charge is 0.352 e. The van der Waals surface area contributed by atoms with E-state index in [9.17, 15) is 9.59 Å². The first-order chi connectivity index (χ1) is 8.11. The van der Waals surface area contributed by atoms with E-state index >= 15 is 0 Å². The number of nitrogens with one attached hydrogen (secondary N) is 2. The van der Waals surface area contributed by atoms with Gasteiger partial charge in [0.25, 0.3) is 5.56 Å². The molecule has 17 heavy (non-hydrogen) atoms. The molecule has 0 spiro atoms. The lowest BCUT2D eigenvalue weighted by Crippen LogP contribution is -2.46. The van der Waals surface area contributed by atoms with Gasteiger partial charge in [-0.3, -0.25) is 14.3 Å². The van der Waals surface area contributed by atoms with Crippen molar-refractivity contribution in [1.29, 1.82) is 0 Å². The molecule has 1 fully saturated rings. The zero-order valence-electron chi connectivity index (χ0n) is 10.0. The number of hydrogen-bond acceptors (Lipinski definition) is 4. The number of aryl methyl sites for hydroxylation is 1. The average molecular weight is 239 g/mol. The smallest absolute Gasteiger partial charge is 0.330 e. The minimum Gasteiger partial charge on any atom is -0.352 e. The zero-order chi connectivity index (χ0) is 12.4. The fraction of sp³-hybridized carbons (Fsp3) is 0.636. The van der Waals surface area contributed by atoms with E-state index in [0.717, 1.165) is 13.0 Å². The SMILES string of the molecule is CCC1CNCC(n2cc(C)c(=O)[nH]c2=O)O1. The van der Waals surface area contributed by atoms with Crippen LogP contribution in [0.4, 0.5) is 0 Å².